The maximum atomic E-state index is 12.0. The van der Waals surface area contributed by atoms with Crippen LogP contribution in [0.4, 0.5) is 5.69 Å². The van der Waals surface area contributed by atoms with Crippen LogP contribution in [0.2, 0.25) is 0 Å². The molecule has 108 valence electrons. The third kappa shape index (κ3) is 3.07. The molecule has 1 heterocycles. The molecule has 0 saturated carbocycles. The monoisotopic (exact) mass is 281 g/mol. The van der Waals surface area contributed by atoms with E-state index in [1.807, 2.05) is 30.3 Å². The third-order valence-corrected chi connectivity index (χ3v) is 3.73. The molecule has 1 aliphatic heterocycles. The van der Waals surface area contributed by atoms with Crippen molar-refractivity contribution in [1.29, 1.82) is 0 Å². The van der Waals surface area contributed by atoms with Gasteiger partial charge in [-0.25, -0.2) is 4.79 Å². The van der Waals surface area contributed by atoms with Gasteiger partial charge in [-0.1, -0.05) is 36.4 Å². The van der Waals surface area contributed by atoms with E-state index < -0.39 is 0 Å². The molecule has 0 bridgehead atoms. The van der Waals surface area contributed by atoms with Crippen LogP contribution in [0.25, 0.3) is 0 Å². The van der Waals surface area contributed by atoms with Gasteiger partial charge in [0.25, 0.3) is 0 Å². The molecule has 21 heavy (non-hydrogen) atoms. The van der Waals surface area contributed by atoms with Gasteiger partial charge in [0.15, 0.2) is 0 Å². The lowest BCUT2D eigenvalue weighted by atomic mass is 10.0. The van der Waals surface area contributed by atoms with Gasteiger partial charge in [-0.2, -0.15) is 0 Å². The molecule has 0 amide bonds. The lowest BCUT2D eigenvalue weighted by Gasteiger charge is -2.12. The highest BCUT2D eigenvalue weighted by Crippen LogP contribution is 2.31. The molecular formula is C18H19NO2. The minimum atomic E-state index is -0.281. The highest BCUT2D eigenvalue weighted by molar-refractivity contribution is 5.81. The van der Waals surface area contributed by atoms with E-state index in [0.717, 1.165) is 11.3 Å². The van der Waals surface area contributed by atoms with Crippen molar-refractivity contribution in [3.8, 4) is 0 Å². The van der Waals surface area contributed by atoms with Crippen LogP contribution < -0.4 is 5.32 Å². The number of nitrogens with one attached hydrogen (secondary N) is 1. The third-order valence-electron chi connectivity index (χ3n) is 3.73. The number of rotatable bonds is 3. The molecule has 1 aliphatic rings. The Kier molecular flexibility index (Phi) is 3.65. The number of benzene rings is 2. The standard InChI is InChI=1S/C18H19NO2/c1-12-8-13(2)10-15(9-12)19-16-11-17(21-18(16)20)14-6-4-3-5-7-14/h3-10,16-17,19H,11H2,1-2H3/t16-,17?/m1/s1. The first-order valence-electron chi connectivity index (χ1n) is 7.22. The molecule has 1 fully saturated rings. The molecule has 1 N–H and O–H groups in total. The van der Waals surface area contributed by atoms with Crippen molar-refractivity contribution in [2.24, 2.45) is 0 Å². The van der Waals surface area contributed by atoms with Crippen LogP contribution in [0.3, 0.4) is 0 Å². The Hall–Kier alpha value is -2.29. The second-order valence-corrected chi connectivity index (χ2v) is 5.65. The zero-order valence-corrected chi connectivity index (χ0v) is 12.3. The van der Waals surface area contributed by atoms with E-state index in [1.165, 1.54) is 11.1 Å². The van der Waals surface area contributed by atoms with E-state index in [2.05, 4.69) is 37.4 Å². The molecule has 3 heteroatoms. The number of esters is 1. The minimum absolute atomic E-state index is 0.151. The van der Waals surface area contributed by atoms with Crippen LogP contribution in [0.5, 0.6) is 0 Å². The van der Waals surface area contributed by atoms with E-state index in [4.69, 9.17) is 4.74 Å². The number of hydrogen-bond acceptors (Lipinski definition) is 3. The van der Waals surface area contributed by atoms with Gasteiger partial charge in [0.05, 0.1) is 0 Å². The van der Waals surface area contributed by atoms with Crippen molar-refractivity contribution in [3.63, 3.8) is 0 Å². The Morgan fingerprint density at radius 1 is 1.05 bits per heavy atom. The average Bonchev–Trinajstić information content (AvgIpc) is 2.80. The summed E-state index contributed by atoms with van der Waals surface area (Å²) in [6.45, 7) is 4.11. The van der Waals surface area contributed by atoms with Crippen molar-refractivity contribution in [2.45, 2.75) is 32.4 Å². The van der Waals surface area contributed by atoms with Crippen LogP contribution in [0.15, 0.2) is 48.5 Å². The highest BCUT2D eigenvalue weighted by Gasteiger charge is 2.35. The summed E-state index contributed by atoms with van der Waals surface area (Å²) >= 11 is 0. The second-order valence-electron chi connectivity index (χ2n) is 5.65. The van der Waals surface area contributed by atoms with Gasteiger partial charge in [0, 0.05) is 12.1 Å². The van der Waals surface area contributed by atoms with Gasteiger partial charge >= 0.3 is 5.97 Å². The number of carbonyl (C=O) groups excluding carboxylic acids is 1. The predicted molar refractivity (Wildman–Crippen MR) is 83.2 cm³/mol. The van der Waals surface area contributed by atoms with Crippen molar-refractivity contribution >= 4 is 11.7 Å². The Bertz CT molecular complexity index is 631. The van der Waals surface area contributed by atoms with Gasteiger partial charge in [-0.15, -0.1) is 0 Å². The van der Waals surface area contributed by atoms with Gasteiger partial charge in [-0.3, -0.25) is 0 Å². The SMILES string of the molecule is Cc1cc(C)cc(N[C@@H]2CC(c3ccccc3)OC2=O)c1. The summed E-state index contributed by atoms with van der Waals surface area (Å²) in [7, 11) is 0. The van der Waals surface area contributed by atoms with Gasteiger partial charge in [-0.05, 0) is 42.7 Å². The van der Waals surface area contributed by atoms with Crippen molar-refractivity contribution in [2.75, 3.05) is 5.32 Å². The van der Waals surface area contributed by atoms with Crippen molar-refractivity contribution < 1.29 is 9.53 Å². The Morgan fingerprint density at radius 3 is 2.38 bits per heavy atom. The first kappa shape index (κ1) is 13.7. The van der Waals surface area contributed by atoms with Crippen LogP contribution in [0, 0.1) is 13.8 Å². The molecule has 3 nitrogen and oxygen atoms in total. The van der Waals surface area contributed by atoms with E-state index in [-0.39, 0.29) is 18.1 Å². The molecule has 0 radical (unpaired) electrons. The first-order valence-corrected chi connectivity index (χ1v) is 7.22. The molecule has 1 saturated heterocycles. The molecule has 0 aromatic heterocycles. The smallest absolute Gasteiger partial charge is 0.329 e. The zero-order valence-electron chi connectivity index (χ0n) is 12.3. The lowest BCUT2D eigenvalue weighted by Crippen LogP contribution is -2.24. The fourth-order valence-electron chi connectivity index (χ4n) is 2.83. The molecule has 2 aromatic carbocycles. The summed E-state index contributed by atoms with van der Waals surface area (Å²) in [5.74, 6) is -0.178. The molecule has 2 atom stereocenters. The summed E-state index contributed by atoms with van der Waals surface area (Å²) in [6, 6.07) is 15.8. The van der Waals surface area contributed by atoms with Crippen LogP contribution in [-0.4, -0.2) is 12.0 Å². The Morgan fingerprint density at radius 2 is 1.71 bits per heavy atom. The molecule has 2 aromatic rings. The average molecular weight is 281 g/mol. The molecule has 3 rings (SSSR count). The molecule has 1 unspecified atom stereocenters. The number of hydrogen-bond donors (Lipinski definition) is 1. The Balaban J connectivity index is 1.74. The van der Waals surface area contributed by atoms with E-state index in [0.29, 0.717) is 6.42 Å². The van der Waals surface area contributed by atoms with E-state index in [1.54, 1.807) is 0 Å². The van der Waals surface area contributed by atoms with E-state index >= 15 is 0 Å². The summed E-state index contributed by atoms with van der Waals surface area (Å²) in [6.07, 6.45) is 0.512. The topological polar surface area (TPSA) is 38.3 Å². The van der Waals surface area contributed by atoms with Gasteiger partial charge in [0.2, 0.25) is 0 Å². The largest absolute Gasteiger partial charge is 0.456 e. The maximum Gasteiger partial charge on any atom is 0.329 e. The Labute approximate surface area is 124 Å². The van der Waals surface area contributed by atoms with Crippen LogP contribution in [0.1, 0.15) is 29.2 Å². The quantitative estimate of drug-likeness (QED) is 0.870. The number of anilines is 1. The predicted octanol–water partition coefficient (Wildman–Crippen LogP) is 3.77. The van der Waals surface area contributed by atoms with Crippen LogP contribution in [-0.2, 0) is 9.53 Å². The lowest BCUT2D eigenvalue weighted by molar-refractivity contribution is -0.142. The normalized spacial score (nSPS) is 21.1. The molecule has 0 aliphatic carbocycles. The van der Waals surface area contributed by atoms with E-state index in [9.17, 15) is 4.79 Å². The number of cyclic esters (lactones) is 1. The number of carbonyl (C=O) groups is 1. The summed E-state index contributed by atoms with van der Waals surface area (Å²) in [4.78, 5) is 12.0. The van der Waals surface area contributed by atoms with Crippen molar-refractivity contribution in [3.05, 3.63) is 65.2 Å². The minimum Gasteiger partial charge on any atom is -0.456 e. The summed E-state index contributed by atoms with van der Waals surface area (Å²) in [5, 5.41) is 3.30. The summed E-state index contributed by atoms with van der Waals surface area (Å²) < 4.78 is 5.49. The molecular weight excluding hydrogens is 262 g/mol. The van der Waals surface area contributed by atoms with Crippen LogP contribution >= 0.6 is 0 Å². The number of ether oxygens (including phenoxy) is 1. The fourth-order valence-corrected chi connectivity index (χ4v) is 2.83. The fraction of sp³-hybridized carbons (Fsp3) is 0.278. The summed E-state index contributed by atoms with van der Waals surface area (Å²) in [5.41, 5.74) is 4.39. The van der Waals surface area contributed by atoms with Crippen molar-refractivity contribution in [1.82, 2.24) is 0 Å². The first-order chi connectivity index (χ1) is 10.1. The zero-order chi connectivity index (χ0) is 14.8. The second kappa shape index (κ2) is 5.60. The maximum absolute atomic E-state index is 12.0. The van der Waals surface area contributed by atoms with Gasteiger partial charge in [0.1, 0.15) is 12.1 Å². The number of aryl methyl sites for hydroxylation is 2. The molecule has 0 spiro atoms. The highest BCUT2D eigenvalue weighted by atomic mass is 16.6. The van der Waals surface area contributed by atoms with Gasteiger partial charge < -0.3 is 10.1 Å².